The first-order valence-corrected chi connectivity index (χ1v) is 7.35. The summed E-state index contributed by atoms with van der Waals surface area (Å²) in [5.74, 6) is 0. The Hall–Kier alpha value is -0.513. The quantitative estimate of drug-likeness (QED) is 0.605. The van der Waals surface area contributed by atoms with Crippen LogP contribution in [0.25, 0.3) is 0 Å². The third-order valence-corrected chi connectivity index (χ3v) is 5.41. The van der Waals surface area contributed by atoms with Crippen LogP contribution in [0.2, 0.25) is 13.1 Å². The van der Waals surface area contributed by atoms with E-state index in [4.69, 9.17) is 0 Å². The molecule has 0 amide bonds. The lowest BCUT2D eigenvalue weighted by Gasteiger charge is -2.18. The SMILES string of the molecule is C[Si]1(C)C=CC=C1CCC(F)(F)F. The molecule has 74 valence electrons. The molecule has 0 N–H and O–H groups in total. The van der Waals surface area contributed by atoms with E-state index in [1.165, 1.54) is 0 Å². The highest BCUT2D eigenvalue weighted by molar-refractivity contribution is 6.89. The lowest BCUT2D eigenvalue weighted by Crippen LogP contribution is -2.25. The Labute approximate surface area is 77.2 Å². The van der Waals surface area contributed by atoms with Gasteiger partial charge >= 0.3 is 6.18 Å². The molecule has 0 aromatic rings. The minimum atomic E-state index is -4.02. The van der Waals surface area contributed by atoms with Crippen molar-refractivity contribution in [1.82, 2.24) is 0 Å². The molecule has 1 aliphatic heterocycles. The summed E-state index contributed by atoms with van der Waals surface area (Å²) in [6.07, 6.45) is -0.795. The second kappa shape index (κ2) is 3.33. The molecule has 1 heterocycles. The number of hydrogen-bond donors (Lipinski definition) is 0. The van der Waals surface area contributed by atoms with E-state index >= 15 is 0 Å². The number of halogens is 3. The molecule has 0 fully saturated rings. The highest BCUT2D eigenvalue weighted by atomic mass is 28.3. The summed E-state index contributed by atoms with van der Waals surface area (Å²) in [5.41, 5.74) is 2.07. The predicted molar refractivity (Wildman–Crippen MR) is 50.0 cm³/mol. The fourth-order valence-electron chi connectivity index (χ4n) is 1.41. The number of hydrogen-bond acceptors (Lipinski definition) is 0. The first-order valence-electron chi connectivity index (χ1n) is 4.27. The lowest BCUT2D eigenvalue weighted by molar-refractivity contribution is -0.133. The summed E-state index contributed by atoms with van der Waals surface area (Å²) in [6.45, 7) is 4.14. The minimum absolute atomic E-state index is 0.176. The molecule has 1 aliphatic rings. The van der Waals surface area contributed by atoms with E-state index in [-0.39, 0.29) is 6.42 Å². The van der Waals surface area contributed by atoms with E-state index < -0.39 is 20.7 Å². The topological polar surface area (TPSA) is 0 Å². The van der Waals surface area contributed by atoms with Crippen molar-refractivity contribution >= 4 is 8.07 Å². The number of alkyl halides is 3. The molecule has 0 radical (unpaired) electrons. The molecule has 0 unspecified atom stereocenters. The van der Waals surface area contributed by atoms with Crippen molar-refractivity contribution in [2.75, 3.05) is 0 Å². The lowest BCUT2D eigenvalue weighted by atomic mass is 10.3. The van der Waals surface area contributed by atoms with Crippen molar-refractivity contribution in [2.45, 2.75) is 32.1 Å². The second-order valence-electron chi connectivity index (χ2n) is 3.89. The fraction of sp³-hybridized carbons (Fsp3) is 0.556. The third kappa shape index (κ3) is 3.02. The van der Waals surface area contributed by atoms with Crippen LogP contribution < -0.4 is 0 Å². The average Bonchev–Trinajstić information content (AvgIpc) is 2.23. The zero-order valence-electron chi connectivity index (χ0n) is 7.78. The highest BCUT2D eigenvalue weighted by Crippen LogP contribution is 2.30. The Kier molecular flexibility index (Phi) is 2.70. The van der Waals surface area contributed by atoms with Gasteiger partial charge in [-0.1, -0.05) is 36.1 Å². The van der Waals surface area contributed by atoms with Crippen molar-refractivity contribution in [1.29, 1.82) is 0 Å². The molecule has 4 heteroatoms. The van der Waals surface area contributed by atoms with Gasteiger partial charge in [-0.2, -0.15) is 13.2 Å². The van der Waals surface area contributed by atoms with Crippen LogP contribution in [-0.4, -0.2) is 14.3 Å². The van der Waals surface area contributed by atoms with Crippen LogP contribution in [0.4, 0.5) is 13.2 Å². The van der Waals surface area contributed by atoms with E-state index in [0.717, 1.165) is 5.20 Å². The molecule has 0 nitrogen and oxygen atoms in total. The monoisotopic (exact) mass is 206 g/mol. The fourth-order valence-corrected chi connectivity index (χ4v) is 3.50. The Balaban J connectivity index is 2.49. The van der Waals surface area contributed by atoms with Crippen LogP contribution in [-0.2, 0) is 0 Å². The molecule has 0 aliphatic carbocycles. The molecule has 13 heavy (non-hydrogen) atoms. The third-order valence-electron chi connectivity index (χ3n) is 2.32. The van der Waals surface area contributed by atoms with Gasteiger partial charge < -0.3 is 0 Å². The summed E-state index contributed by atoms with van der Waals surface area (Å²) in [4.78, 5) is 0. The van der Waals surface area contributed by atoms with Crippen molar-refractivity contribution < 1.29 is 13.2 Å². The summed E-state index contributed by atoms with van der Waals surface area (Å²) in [6, 6.07) is 0. The van der Waals surface area contributed by atoms with E-state index in [1.54, 1.807) is 0 Å². The van der Waals surface area contributed by atoms with E-state index in [1.807, 2.05) is 12.2 Å². The molecule has 1 rings (SSSR count). The Bertz CT molecular complexity index is 248. The van der Waals surface area contributed by atoms with Gasteiger partial charge in [0.15, 0.2) is 0 Å². The van der Waals surface area contributed by atoms with Gasteiger partial charge in [0.1, 0.15) is 0 Å². The van der Waals surface area contributed by atoms with Gasteiger partial charge in [-0.05, 0) is 6.42 Å². The molecule has 0 bridgehead atoms. The summed E-state index contributed by atoms with van der Waals surface area (Å²) >= 11 is 0. The van der Waals surface area contributed by atoms with E-state index in [2.05, 4.69) is 18.8 Å². The van der Waals surface area contributed by atoms with Gasteiger partial charge in [0.25, 0.3) is 0 Å². The maximum absolute atomic E-state index is 11.9. The van der Waals surface area contributed by atoms with Crippen LogP contribution in [0.1, 0.15) is 12.8 Å². The van der Waals surface area contributed by atoms with Gasteiger partial charge in [-0.25, -0.2) is 0 Å². The smallest absolute Gasteiger partial charge is 0.171 e. The summed E-state index contributed by atoms with van der Waals surface area (Å²) < 4.78 is 35.8. The maximum Gasteiger partial charge on any atom is 0.389 e. The highest BCUT2D eigenvalue weighted by Gasteiger charge is 2.31. The largest absolute Gasteiger partial charge is 0.389 e. The van der Waals surface area contributed by atoms with Crippen LogP contribution in [0.15, 0.2) is 23.0 Å². The molecule has 0 saturated carbocycles. The normalized spacial score (nSPS) is 20.5. The maximum atomic E-state index is 11.9. The van der Waals surface area contributed by atoms with Gasteiger partial charge in [0.05, 0.1) is 8.07 Å². The minimum Gasteiger partial charge on any atom is -0.171 e. The Morgan fingerprint density at radius 2 is 1.92 bits per heavy atom. The standard InChI is InChI=1S/C9H13F3Si/c1-13(2)7-3-4-8(13)5-6-9(10,11)12/h3-4,7H,5-6H2,1-2H3. The first-order chi connectivity index (χ1) is 5.81. The zero-order chi connectivity index (χ0) is 10.1. The van der Waals surface area contributed by atoms with Crippen LogP contribution in [0.5, 0.6) is 0 Å². The van der Waals surface area contributed by atoms with Gasteiger partial charge in [0, 0.05) is 6.42 Å². The van der Waals surface area contributed by atoms with Crippen molar-refractivity contribution in [3.63, 3.8) is 0 Å². The Morgan fingerprint density at radius 3 is 2.31 bits per heavy atom. The molecular weight excluding hydrogens is 193 g/mol. The van der Waals surface area contributed by atoms with Crippen LogP contribution in [0.3, 0.4) is 0 Å². The predicted octanol–water partition coefficient (Wildman–Crippen LogP) is 3.61. The molecular formula is C9H13F3Si. The Morgan fingerprint density at radius 1 is 1.31 bits per heavy atom. The van der Waals surface area contributed by atoms with Gasteiger partial charge in [0.2, 0.25) is 0 Å². The van der Waals surface area contributed by atoms with Gasteiger partial charge in [-0.15, -0.1) is 0 Å². The van der Waals surface area contributed by atoms with E-state index in [0.29, 0.717) is 0 Å². The molecule has 0 aromatic heterocycles. The summed E-state index contributed by atoms with van der Waals surface area (Å²) in [7, 11) is -1.59. The van der Waals surface area contributed by atoms with Crippen molar-refractivity contribution in [3.8, 4) is 0 Å². The summed E-state index contributed by atoms with van der Waals surface area (Å²) in [5, 5.41) is 1.00. The number of allylic oxidation sites excluding steroid dienone is 3. The first kappa shape index (κ1) is 10.6. The molecule has 0 atom stereocenters. The average molecular weight is 206 g/mol. The zero-order valence-corrected chi connectivity index (χ0v) is 8.78. The van der Waals surface area contributed by atoms with Gasteiger partial charge in [-0.3, -0.25) is 0 Å². The van der Waals surface area contributed by atoms with Crippen LogP contribution in [0, 0.1) is 0 Å². The number of rotatable bonds is 2. The molecule has 0 aromatic carbocycles. The molecule has 0 spiro atoms. The molecule has 0 saturated heterocycles. The van der Waals surface area contributed by atoms with Crippen molar-refractivity contribution in [3.05, 3.63) is 23.0 Å². The van der Waals surface area contributed by atoms with E-state index in [9.17, 15) is 13.2 Å². The second-order valence-corrected chi connectivity index (χ2v) is 8.31. The van der Waals surface area contributed by atoms with Crippen LogP contribution >= 0.6 is 0 Å². The van der Waals surface area contributed by atoms with Crippen molar-refractivity contribution in [2.24, 2.45) is 0 Å².